The van der Waals surface area contributed by atoms with Crippen LogP contribution in [0, 0.1) is 5.82 Å². The Balaban J connectivity index is 1.52. The summed E-state index contributed by atoms with van der Waals surface area (Å²) in [5, 5.41) is 13.3. The summed E-state index contributed by atoms with van der Waals surface area (Å²) >= 11 is 6.19. The molecule has 2 heterocycles. The van der Waals surface area contributed by atoms with E-state index < -0.39 is 0 Å². The third-order valence-corrected chi connectivity index (χ3v) is 5.78. The summed E-state index contributed by atoms with van der Waals surface area (Å²) in [6.07, 6.45) is 2.55. The lowest BCUT2D eigenvalue weighted by Gasteiger charge is -2.23. The van der Waals surface area contributed by atoms with Gasteiger partial charge in [0.2, 0.25) is 0 Å². The van der Waals surface area contributed by atoms with Crippen LogP contribution in [0.1, 0.15) is 27.9 Å². The van der Waals surface area contributed by atoms with Crippen LogP contribution in [0.5, 0.6) is 0 Å². The highest BCUT2D eigenvalue weighted by atomic mass is 35.5. The molecule has 1 aromatic heterocycles. The summed E-state index contributed by atoms with van der Waals surface area (Å²) in [5.74, 6) is 0.142. The van der Waals surface area contributed by atoms with Crippen molar-refractivity contribution in [3.05, 3.63) is 88.3 Å². The van der Waals surface area contributed by atoms with E-state index in [2.05, 4.69) is 15.2 Å². The normalized spacial score (nSPS) is 15.8. The molecule has 1 unspecified atom stereocenters. The molecule has 160 valence electrons. The Kier molecular flexibility index (Phi) is 6.49. The maximum absolute atomic E-state index is 13.1. The van der Waals surface area contributed by atoms with Gasteiger partial charge in [0, 0.05) is 42.6 Å². The number of carbonyl (C=O) groups excluding carboxylic acids is 1. The van der Waals surface area contributed by atoms with Crippen molar-refractivity contribution < 1.29 is 14.3 Å². The lowest BCUT2D eigenvalue weighted by Crippen LogP contribution is -2.27. The molecule has 31 heavy (non-hydrogen) atoms. The largest absolute Gasteiger partial charge is 0.396 e. The van der Waals surface area contributed by atoms with E-state index >= 15 is 0 Å². The van der Waals surface area contributed by atoms with E-state index in [9.17, 15) is 14.3 Å². The monoisotopic (exact) mass is 439 g/mol. The molecule has 7 heteroatoms. The lowest BCUT2D eigenvalue weighted by atomic mass is 9.98. The van der Waals surface area contributed by atoms with E-state index in [-0.39, 0.29) is 24.2 Å². The van der Waals surface area contributed by atoms with Crippen molar-refractivity contribution in [3.63, 3.8) is 0 Å². The van der Waals surface area contributed by atoms with Gasteiger partial charge in [-0.25, -0.2) is 9.37 Å². The maximum atomic E-state index is 13.1. The Labute approximate surface area is 185 Å². The second-order valence-corrected chi connectivity index (χ2v) is 7.97. The topological polar surface area (TPSA) is 65.5 Å². The fraction of sp³-hybridized carbons (Fsp3) is 0.250. The van der Waals surface area contributed by atoms with E-state index in [0.29, 0.717) is 28.4 Å². The van der Waals surface area contributed by atoms with Gasteiger partial charge in [-0.15, -0.1) is 0 Å². The molecule has 1 atom stereocenters. The molecule has 1 saturated heterocycles. The molecule has 1 aliphatic rings. The minimum absolute atomic E-state index is 0.00818. The first-order valence-electron chi connectivity index (χ1n) is 10.2. The van der Waals surface area contributed by atoms with Crippen LogP contribution < -0.4 is 10.2 Å². The molecule has 4 rings (SSSR count). The molecule has 1 aliphatic heterocycles. The fourth-order valence-electron chi connectivity index (χ4n) is 3.92. The Bertz CT molecular complexity index is 1070. The zero-order chi connectivity index (χ0) is 21.8. The Morgan fingerprint density at radius 2 is 2.06 bits per heavy atom. The van der Waals surface area contributed by atoms with Gasteiger partial charge in [0.05, 0.1) is 11.2 Å². The van der Waals surface area contributed by atoms with Crippen molar-refractivity contribution >= 4 is 28.9 Å². The molecule has 0 spiro atoms. The van der Waals surface area contributed by atoms with Crippen LogP contribution in [0.3, 0.4) is 0 Å². The summed E-state index contributed by atoms with van der Waals surface area (Å²) in [5.41, 5.74) is 2.93. The van der Waals surface area contributed by atoms with Gasteiger partial charge in [0.25, 0.3) is 0 Å². The molecule has 0 amide bonds. The number of benzene rings is 2. The van der Waals surface area contributed by atoms with Crippen LogP contribution in [0.2, 0.25) is 5.02 Å². The summed E-state index contributed by atoms with van der Waals surface area (Å²) in [7, 11) is 0. The summed E-state index contributed by atoms with van der Waals surface area (Å²) < 4.78 is 13.1. The number of pyridine rings is 1. The second kappa shape index (κ2) is 9.45. The van der Waals surface area contributed by atoms with Gasteiger partial charge in [-0.05, 0) is 60.9 Å². The van der Waals surface area contributed by atoms with Crippen LogP contribution in [-0.4, -0.2) is 41.6 Å². The van der Waals surface area contributed by atoms with Crippen LogP contribution >= 0.6 is 11.6 Å². The molecule has 2 aromatic carbocycles. The number of hydrogen-bond donors (Lipinski definition) is 2. The number of anilines is 2. The van der Waals surface area contributed by atoms with Gasteiger partial charge >= 0.3 is 0 Å². The van der Waals surface area contributed by atoms with E-state index in [1.807, 2.05) is 18.2 Å². The second-order valence-electron chi connectivity index (χ2n) is 7.56. The highest BCUT2D eigenvalue weighted by molar-refractivity contribution is 6.35. The molecule has 0 radical (unpaired) electrons. The van der Waals surface area contributed by atoms with Crippen LogP contribution in [0.4, 0.5) is 15.9 Å². The van der Waals surface area contributed by atoms with Gasteiger partial charge in [0.1, 0.15) is 11.6 Å². The molecule has 5 nitrogen and oxygen atoms in total. The number of nitrogens with one attached hydrogen (secondary N) is 1. The van der Waals surface area contributed by atoms with Gasteiger partial charge in [0.15, 0.2) is 5.78 Å². The number of aromatic nitrogens is 1. The van der Waals surface area contributed by atoms with Crippen molar-refractivity contribution in [2.45, 2.75) is 18.9 Å². The molecule has 2 N–H and O–H groups in total. The van der Waals surface area contributed by atoms with Crippen molar-refractivity contribution in [3.8, 4) is 0 Å². The first-order valence-corrected chi connectivity index (χ1v) is 10.6. The highest BCUT2D eigenvalue weighted by Crippen LogP contribution is 2.29. The zero-order valence-electron chi connectivity index (χ0n) is 16.9. The Morgan fingerprint density at radius 1 is 1.23 bits per heavy atom. The highest BCUT2D eigenvalue weighted by Gasteiger charge is 2.25. The first kappa shape index (κ1) is 21.3. The van der Waals surface area contributed by atoms with Gasteiger partial charge in [-0.3, -0.25) is 4.79 Å². The number of carbonyl (C=O) groups is 1. The van der Waals surface area contributed by atoms with Crippen molar-refractivity contribution in [2.75, 3.05) is 29.9 Å². The molecular weight excluding hydrogens is 417 g/mol. The smallest absolute Gasteiger partial charge is 0.194 e. The molecule has 1 fully saturated rings. The standard InChI is InChI=1S/C24H23ClFN3O2/c25-21-4-2-1-3-20(21)24(31)17-5-7-22(16(13-17)10-12-30)29-11-9-19(15-29)28-23-8-6-18(26)14-27-23/h1-8,13-14,19,30H,9-12,15H2,(H,27,28). The molecule has 0 bridgehead atoms. The Hall–Kier alpha value is -2.96. The van der Waals surface area contributed by atoms with Crippen molar-refractivity contribution in [1.82, 2.24) is 4.98 Å². The van der Waals surface area contributed by atoms with E-state index in [4.69, 9.17) is 11.6 Å². The van der Waals surface area contributed by atoms with Crippen LogP contribution in [-0.2, 0) is 6.42 Å². The van der Waals surface area contributed by atoms with Crippen molar-refractivity contribution in [2.24, 2.45) is 0 Å². The number of aliphatic hydroxyl groups excluding tert-OH is 1. The quantitative estimate of drug-likeness (QED) is 0.536. The summed E-state index contributed by atoms with van der Waals surface area (Å²) in [6.45, 7) is 1.57. The number of nitrogens with zero attached hydrogens (tertiary/aromatic N) is 2. The fourth-order valence-corrected chi connectivity index (χ4v) is 4.15. The van der Waals surface area contributed by atoms with E-state index in [1.54, 1.807) is 30.3 Å². The third kappa shape index (κ3) is 4.86. The Morgan fingerprint density at radius 3 is 2.81 bits per heavy atom. The minimum atomic E-state index is -0.362. The van der Waals surface area contributed by atoms with Crippen LogP contribution in [0.25, 0.3) is 0 Å². The van der Waals surface area contributed by atoms with Crippen LogP contribution in [0.15, 0.2) is 60.8 Å². The zero-order valence-corrected chi connectivity index (χ0v) is 17.6. The molecule has 0 saturated carbocycles. The maximum Gasteiger partial charge on any atom is 0.194 e. The third-order valence-electron chi connectivity index (χ3n) is 5.45. The predicted octanol–water partition coefficient (Wildman–Crippen LogP) is 4.33. The van der Waals surface area contributed by atoms with Gasteiger partial charge < -0.3 is 15.3 Å². The molecule has 0 aliphatic carbocycles. The minimum Gasteiger partial charge on any atom is -0.396 e. The average Bonchev–Trinajstić information content (AvgIpc) is 3.24. The number of halogens is 2. The number of aliphatic hydroxyl groups is 1. The summed E-state index contributed by atoms with van der Waals surface area (Å²) in [6, 6.07) is 15.8. The SMILES string of the molecule is O=C(c1ccc(N2CCC(Nc3ccc(F)cn3)C2)c(CCO)c1)c1ccccc1Cl. The molecule has 3 aromatic rings. The van der Waals surface area contributed by atoms with Gasteiger partial charge in [-0.1, -0.05) is 23.7 Å². The average molecular weight is 440 g/mol. The summed E-state index contributed by atoms with van der Waals surface area (Å²) in [4.78, 5) is 19.2. The first-order chi connectivity index (χ1) is 15.0. The van der Waals surface area contributed by atoms with Gasteiger partial charge in [-0.2, -0.15) is 0 Å². The van der Waals surface area contributed by atoms with Crippen molar-refractivity contribution in [1.29, 1.82) is 0 Å². The number of hydrogen-bond acceptors (Lipinski definition) is 5. The van der Waals surface area contributed by atoms with E-state index in [1.165, 1.54) is 12.3 Å². The predicted molar refractivity (Wildman–Crippen MR) is 121 cm³/mol. The number of rotatable bonds is 7. The number of ketones is 1. The lowest BCUT2D eigenvalue weighted by molar-refractivity contribution is 0.103. The van der Waals surface area contributed by atoms with E-state index in [0.717, 1.165) is 30.8 Å². The molecular formula is C24H23ClFN3O2.